The molecule has 6 heteroatoms. The van der Waals surface area contributed by atoms with Crippen molar-refractivity contribution in [1.82, 2.24) is 9.55 Å². The fourth-order valence-electron chi connectivity index (χ4n) is 2.27. The van der Waals surface area contributed by atoms with Gasteiger partial charge in [-0.1, -0.05) is 63.6 Å². The normalized spacial score (nSPS) is 11.0. The predicted molar refractivity (Wildman–Crippen MR) is 102 cm³/mol. The zero-order valence-corrected chi connectivity index (χ0v) is 16.0. The van der Waals surface area contributed by atoms with Crippen LogP contribution >= 0.6 is 39.3 Å². The molecular formula is C18H16BrClN2OS. The molecule has 0 saturated carbocycles. The molecule has 24 heavy (non-hydrogen) atoms. The number of benzene rings is 2. The molecule has 0 fully saturated rings. The van der Waals surface area contributed by atoms with Gasteiger partial charge in [-0.25, -0.2) is 4.98 Å². The van der Waals surface area contributed by atoms with Crippen LogP contribution in [-0.4, -0.2) is 14.7 Å². The van der Waals surface area contributed by atoms with Crippen LogP contribution in [0.4, 0.5) is 0 Å². The number of rotatable bonds is 6. The fraction of sp³-hybridized carbons (Fsp3) is 0.167. The number of aliphatic hydroxyl groups excluding tert-OH is 1. The Morgan fingerprint density at radius 3 is 2.38 bits per heavy atom. The van der Waals surface area contributed by atoms with Crippen molar-refractivity contribution in [3.8, 4) is 0 Å². The zero-order chi connectivity index (χ0) is 16.9. The van der Waals surface area contributed by atoms with Crippen molar-refractivity contribution in [1.29, 1.82) is 0 Å². The van der Waals surface area contributed by atoms with E-state index >= 15 is 0 Å². The quantitative estimate of drug-likeness (QED) is 0.558. The first kappa shape index (κ1) is 17.5. The lowest BCUT2D eigenvalue weighted by molar-refractivity contribution is 0.277. The maximum atomic E-state index is 9.39. The van der Waals surface area contributed by atoms with E-state index in [4.69, 9.17) is 11.6 Å². The highest BCUT2D eigenvalue weighted by atomic mass is 79.9. The van der Waals surface area contributed by atoms with Crippen molar-refractivity contribution < 1.29 is 5.11 Å². The van der Waals surface area contributed by atoms with Crippen molar-refractivity contribution in [2.45, 2.75) is 24.1 Å². The van der Waals surface area contributed by atoms with Crippen LogP contribution in [-0.2, 0) is 18.9 Å². The van der Waals surface area contributed by atoms with E-state index in [-0.39, 0.29) is 6.61 Å². The Labute approximate surface area is 158 Å². The smallest absolute Gasteiger partial charge is 0.168 e. The minimum atomic E-state index is -0.0561. The topological polar surface area (TPSA) is 38.0 Å². The van der Waals surface area contributed by atoms with Gasteiger partial charge in [-0.3, -0.25) is 0 Å². The average molecular weight is 424 g/mol. The zero-order valence-electron chi connectivity index (χ0n) is 12.8. The second-order valence-corrected chi connectivity index (χ2v) is 7.64. The second kappa shape index (κ2) is 8.21. The number of thioether (sulfide) groups is 1. The molecule has 0 radical (unpaired) electrons. The number of hydrogen-bond donors (Lipinski definition) is 1. The summed E-state index contributed by atoms with van der Waals surface area (Å²) in [4.78, 5) is 4.52. The van der Waals surface area contributed by atoms with Gasteiger partial charge in [0.25, 0.3) is 0 Å². The maximum Gasteiger partial charge on any atom is 0.168 e. The van der Waals surface area contributed by atoms with Crippen LogP contribution in [0.5, 0.6) is 0 Å². The summed E-state index contributed by atoms with van der Waals surface area (Å²) in [7, 11) is 0. The molecule has 1 aromatic heterocycles. The lowest BCUT2D eigenvalue weighted by Gasteiger charge is -2.08. The summed E-state index contributed by atoms with van der Waals surface area (Å²) in [5.74, 6) is 0.829. The maximum absolute atomic E-state index is 9.39. The van der Waals surface area contributed by atoms with Crippen LogP contribution in [0.25, 0.3) is 0 Å². The predicted octanol–water partition coefficient (Wildman–Crippen LogP) is 5.13. The molecular weight excluding hydrogens is 408 g/mol. The van der Waals surface area contributed by atoms with Crippen molar-refractivity contribution in [3.05, 3.63) is 81.0 Å². The Morgan fingerprint density at radius 2 is 1.71 bits per heavy atom. The molecule has 124 valence electrons. The van der Waals surface area contributed by atoms with E-state index in [2.05, 4.69) is 37.6 Å². The highest BCUT2D eigenvalue weighted by Gasteiger charge is 2.09. The molecule has 3 nitrogen and oxygen atoms in total. The van der Waals surface area contributed by atoms with Gasteiger partial charge in [0.1, 0.15) is 0 Å². The molecule has 1 N–H and O–H groups in total. The van der Waals surface area contributed by atoms with E-state index in [1.807, 2.05) is 42.6 Å². The standard InChI is InChI=1S/C18H16BrClN2OS/c19-15-5-1-14(2-6-15)12-24-18-21-17(11-23)10-22(18)9-13-3-7-16(20)8-4-13/h1-8,10,23H,9,11-12H2. The van der Waals surface area contributed by atoms with Crippen LogP contribution in [0.15, 0.2) is 64.4 Å². The van der Waals surface area contributed by atoms with Crippen molar-refractivity contribution >= 4 is 39.3 Å². The number of aromatic nitrogens is 2. The van der Waals surface area contributed by atoms with Crippen LogP contribution in [0.3, 0.4) is 0 Å². The van der Waals surface area contributed by atoms with Gasteiger partial charge in [0.15, 0.2) is 5.16 Å². The van der Waals surface area contributed by atoms with Crippen LogP contribution in [0.2, 0.25) is 5.02 Å². The Balaban J connectivity index is 1.75. The molecule has 0 bridgehead atoms. The SMILES string of the molecule is OCc1cn(Cc2ccc(Cl)cc2)c(SCc2ccc(Br)cc2)n1. The summed E-state index contributed by atoms with van der Waals surface area (Å²) in [6.07, 6.45) is 1.90. The van der Waals surface area contributed by atoms with E-state index in [1.165, 1.54) is 5.56 Å². The lowest BCUT2D eigenvalue weighted by Crippen LogP contribution is -2.00. The number of nitrogens with zero attached hydrogens (tertiary/aromatic N) is 2. The van der Waals surface area contributed by atoms with E-state index in [0.717, 1.165) is 26.0 Å². The minimum Gasteiger partial charge on any atom is -0.390 e. The molecule has 0 atom stereocenters. The Bertz CT molecular complexity index is 803. The summed E-state index contributed by atoms with van der Waals surface area (Å²) in [6.45, 7) is 0.645. The molecule has 0 aliphatic rings. The van der Waals surface area contributed by atoms with Crippen molar-refractivity contribution in [3.63, 3.8) is 0 Å². The van der Waals surface area contributed by atoms with Crippen molar-refractivity contribution in [2.24, 2.45) is 0 Å². The first-order valence-electron chi connectivity index (χ1n) is 7.42. The summed E-state index contributed by atoms with van der Waals surface area (Å²) in [5.41, 5.74) is 3.06. The molecule has 0 aliphatic heterocycles. The van der Waals surface area contributed by atoms with Gasteiger partial charge in [0.2, 0.25) is 0 Å². The third-order valence-corrected chi connectivity index (χ3v) is 5.34. The summed E-state index contributed by atoms with van der Waals surface area (Å²) < 4.78 is 3.14. The van der Waals surface area contributed by atoms with E-state index in [1.54, 1.807) is 11.8 Å². The first-order valence-corrected chi connectivity index (χ1v) is 9.58. The van der Waals surface area contributed by atoms with Gasteiger partial charge in [0.05, 0.1) is 12.3 Å². The molecule has 3 rings (SSSR count). The number of halogens is 2. The van der Waals surface area contributed by atoms with E-state index in [9.17, 15) is 5.11 Å². The van der Waals surface area contributed by atoms with E-state index in [0.29, 0.717) is 12.2 Å². The summed E-state index contributed by atoms with van der Waals surface area (Å²) in [6, 6.07) is 16.0. The highest BCUT2D eigenvalue weighted by Crippen LogP contribution is 2.24. The number of hydrogen-bond acceptors (Lipinski definition) is 3. The van der Waals surface area contributed by atoms with Gasteiger partial charge >= 0.3 is 0 Å². The third kappa shape index (κ3) is 4.63. The third-order valence-electron chi connectivity index (χ3n) is 3.50. The fourth-order valence-corrected chi connectivity index (χ4v) is 3.61. The molecule has 0 saturated heterocycles. The van der Waals surface area contributed by atoms with Gasteiger partial charge in [-0.2, -0.15) is 0 Å². The minimum absolute atomic E-state index is 0.0561. The largest absolute Gasteiger partial charge is 0.390 e. The summed E-state index contributed by atoms with van der Waals surface area (Å²) >= 11 is 11.1. The van der Waals surface area contributed by atoms with Crippen LogP contribution in [0.1, 0.15) is 16.8 Å². The van der Waals surface area contributed by atoms with Crippen LogP contribution in [0, 0.1) is 0 Å². The molecule has 0 spiro atoms. The van der Waals surface area contributed by atoms with Gasteiger partial charge in [-0.15, -0.1) is 0 Å². The molecule has 0 unspecified atom stereocenters. The molecule has 3 aromatic rings. The molecule has 0 amide bonds. The van der Waals surface area contributed by atoms with Gasteiger partial charge in [-0.05, 0) is 35.4 Å². The van der Waals surface area contributed by atoms with E-state index < -0.39 is 0 Å². The van der Waals surface area contributed by atoms with Crippen molar-refractivity contribution in [2.75, 3.05) is 0 Å². The Hall–Kier alpha value is -1.27. The van der Waals surface area contributed by atoms with Gasteiger partial charge < -0.3 is 9.67 Å². The average Bonchev–Trinajstić information content (AvgIpc) is 2.98. The number of imidazole rings is 1. The first-order chi connectivity index (χ1) is 11.6. The second-order valence-electron chi connectivity index (χ2n) is 5.34. The Kier molecular flexibility index (Phi) is 6.00. The molecule has 2 aromatic carbocycles. The molecule has 0 aliphatic carbocycles. The number of aliphatic hydroxyl groups is 1. The van der Waals surface area contributed by atoms with Gasteiger partial charge in [0, 0.05) is 28.0 Å². The lowest BCUT2D eigenvalue weighted by atomic mass is 10.2. The summed E-state index contributed by atoms with van der Waals surface area (Å²) in [5, 5.41) is 11.0. The highest BCUT2D eigenvalue weighted by molar-refractivity contribution is 9.10. The Morgan fingerprint density at radius 1 is 1.04 bits per heavy atom. The van der Waals surface area contributed by atoms with Crippen LogP contribution < -0.4 is 0 Å². The monoisotopic (exact) mass is 422 g/mol. The molecule has 1 heterocycles.